The van der Waals surface area contributed by atoms with Crippen molar-refractivity contribution in [3.05, 3.63) is 169 Å². The Morgan fingerprint density at radius 2 is 0.929 bits per heavy atom. The van der Waals surface area contributed by atoms with E-state index in [2.05, 4.69) is 81.9 Å². The summed E-state index contributed by atoms with van der Waals surface area (Å²) < 4.78 is 17.1. The second-order valence-corrected chi connectivity index (χ2v) is 14.3. The topological polar surface area (TPSA) is 83.7 Å². The van der Waals surface area contributed by atoms with Crippen LogP contribution in [-0.4, -0.2) is 9.13 Å². The Balaban J connectivity index is 1.02. The lowest BCUT2D eigenvalue weighted by molar-refractivity contribution is 0.669. The summed E-state index contributed by atoms with van der Waals surface area (Å²) in [5.41, 5.74) is 11.6. The van der Waals surface area contributed by atoms with Crippen molar-refractivity contribution in [2.75, 3.05) is 0 Å². The number of nitrogens with zero attached hydrogens (tertiary/aromatic N) is 4. The molecule has 0 saturated heterocycles. The molecule has 6 nitrogen and oxygen atoms in total. The summed E-state index contributed by atoms with van der Waals surface area (Å²) in [5, 5.41) is 29.7. The van der Waals surface area contributed by atoms with E-state index in [1.54, 1.807) is 0 Å². The summed E-state index contributed by atoms with van der Waals surface area (Å²) in [5.74, 6) is 0. The van der Waals surface area contributed by atoms with Gasteiger partial charge in [0.25, 0.3) is 0 Å². The van der Waals surface area contributed by atoms with Crippen molar-refractivity contribution in [2.45, 2.75) is 0 Å². The van der Waals surface area contributed by atoms with Crippen LogP contribution in [-0.2, 0) is 0 Å². The van der Waals surface area contributed by atoms with E-state index in [9.17, 15) is 10.5 Å². The zero-order valence-electron chi connectivity index (χ0n) is 29.6. The first kappa shape index (κ1) is 30.4. The maximum absolute atomic E-state index is 10.7. The molecule has 4 aromatic heterocycles. The Morgan fingerprint density at radius 1 is 0.375 bits per heavy atom. The predicted octanol–water partition coefficient (Wildman–Crippen LogP) is 13.1. The summed E-state index contributed by atoms with van der Waals surface area (Å²) in [6, 6.07) is 58.2. The van der Waals surface area contributed by atoms with Gasteiger partial charge in [-0.2, -0.15) is 10.5 Å². The molecule has 12 rings (SSSR count). The van der Waals surface area contributed by atoms with Crippen molar-refractivity contribution in [1.29, 1.82) is 10.5 Å². The highest BCUT2D eigenvalue weighted by atomic mass is 16.3. The number of fused-ring (bicyclic) bond motifs is 13. The van der Waals surface area contributed by atoms with Crippen LogP contribution in [0.3, 0.4) is 0 Å². The number of benzene rings is 8. The number of furan rings is 2. The van der Waals surface area contributed by atoms with Crippen molar-refractivity contribution in [3.8, 4) is 34.6 Å². The van der Waals surface area contributed by atoms with Crippen LogP contribution in [0.15, 0.2) is 167 Å². The van der Waals surface area contributed by atoms with Gasteiger partial charge >= 0.3 is 0 Å². The molecule has 0 amide bonds. The second-order valence-electron chi connectivity index (χ2n) is 14.3. The van der Waals surface area contributed by atoms with Crippen molar-refractivity contribution in [3.63, 3.8) is 0 Å². The van der Waals surface area contributed by atoms with Crippen LogP contribution in [0.1, 0.15) is 11.1 Å². The fourth-order valence-electron chi connectivity index (χ4n) is 8.94. The van der Waals surface area contributed by atoms with Crippen LogP contribution in [0.5, 0.6) is 0 Å². The van der Waals surface area contributed by atoms with Gasteiger partial charge in [-0.3, -0.25) is 0 Å². The normalized spacial score (nSPS) is 11.9. The predicted molar refractivity (Wildman–Crippen MR) is 225 cm³/mol. The zero-order chi connectivity index (χ0) is 37.1. The van der Waals surface area contributed by atoms with Crippen LogP contribution in [0, 0.1) is 22.7 Å². The highest BCUT2D eigenvalue weighted by Gasteiger charge is 2.22. The Bertz CT molecular complexity index is 3750. The molecule has 12 aromatic rings. The third-order valence-electron chi connectivity index (χ3n) is 11.4. The van der Waals surface area contributed by atoms with Crippen LogP contribution >= 0.6 is 0 Å². The van der Waals surface area contributed by atoms with Gasteiger partial charge in [0.2, 0.25) is 0 Å². The Kier molecular flexibility index (Phi) is 6.10. The van der Waals surface area contributed by atoms with E-state index in [1.165, 1.54) is 0 Å². The van der Waals surface area contributed by atoms with E-state index in [4.69, 9.17) is 8.83 Å². The molecule has 0 saturated carbocycles. The molecule has 0 fully saturated rings. The van der Waals surface area contributed by atoms with Crippen molar-refractivity contribution < 1.29 is 8.83 Å². The first-order valence-corrected chi connectivity index (χ1v) is 18.5. The third-order valence-corrected chi connectivity index (χ3v) is 11.4. The van der Waals surface area contributed by atoms with E-state index in [0.717, 1.165) is 110 Å². The molecule has 6 heteroatoms. The molecule has 258 valence electrons. The van der Waals surface area contributed by atoms with Gasteiger partial charge in [0.05, 0.1) is 50.0 Å². The molecule has 0 atom stereocenters. The third kappa shape index (κ3) is 4.07. The average Bonchev–Trinajstić information content (AvgIpc) is 4.00. The smallest absolute Gasteiger partial charge is 0.145 e. The van der Waals surface area contributed by atoms with Crippen molar-refractivity contribution in [1.82, 2.24) is 9.13 Å². The molecule has 0 bridgehead atoms. The van der Waals surface area contributed by atoms with Gasteiger partial charge in [0.1, 0.15) is 34.5 Å². The van der Waals surface area contributed by atoms with Gasteiger partial charge in [-0.1, -0.05) is 84.9 Å². The molecular formula is C50H26N4O2. The number of para-hydroxylation sites is 4. The number of rotatable bonds is 3. The average molecular weight is 715 g/mol. The van der Waals surface area contributed by atoms with Crippen LogP contribution in [0.25, 0.3) is 110 Å². The fourth-order valence-corrected chi connectivity index (χ4v) is 8.94. The zero-order valence-corrected chi connectivity index (χ0v) is 29.6. The lowest BCUT2D eigenvalue weighted by Crippen LogP contribution is -1.99. The Labute approximate surface area is 318 Å². The quantitative estimate of drug-likeness (QED) is 0.182. The lowest BCUT2D eigenvalue weighted by atomic mass is 9.99. The molecular weight excluding hydrogens is 689 g/mol. The summed E-state index contributed by atoms with van der Waals surface area (Å²) in [6.07, 6.45) is 0. The van der Waals surface area contributed by atoms with Gasteiger partial charge in [-0.15, -0.1) is 0 Å². The molecule has 56 heavy (non-hydrogen) atoms. The van der Waals surface area contributed by atoms with Crippen molar-refractivity contribution >= 4 is 87.5 Å². The Hall–Kier alpha value is -8.06. The van der Waals surface area contributed by atoms with Crippen LogP contribution in [0.2, 0.25) is 0 Å². The molecule has 0 aliphatic heterocycles. The first-order valence-electron chi connectivity index (χ1n) is 18.5. The molecule has 0 aliphatic carbocycles. The number of aromatic nitrogens is 2. The van der Waals surface area contributed by atoms with E-state index in [1.807, 2.05) is 97.1 Å². The number of hydrogen-bond acceptors (Lipinski definition) is 4. The molecule has 8 aromatic carbocycles. The van der Waals surface area contributed by atoms with Crippen molar-refractivity contribution in [2.24, 2.45) is 0 Å². The van der Waals surface area contributed by atoms with E-state index in [0.29, 0.717) is 11.1 Å². The maximum atomic E-state index is 10.7. The van der Waals surface area contributed by atoms with Gasteiger partial charge in [0.15, 0.2) is 0 Å². The minimum Gasteiger partial charge on any atom is -0.456 e. The van der Waals surface area contributed by atoms with E-state index < -0.39 is 0 Å². The van der Waals surface area contributed by atoms with E-state index >= 15 is 0 Å². The highest BCUT2D eigenvalue weighted by Crippen LogP contribution is 2.42. The summed E-state index contributed by atoms with van der Waals surface area (Å²) >= 11 is 0. The lowest BCUT2D eigenvalue weighted by Gasteiger charge is -2.14. The number of nitriles is 2. The largest absolute Gasteiger partial charge is 0.456 e. The molecule has 0 aliphatic rings. The van der Waals surface area contributed by atoms with Gasteiger partial charge < -0.3 is 18.0 Å². The summed E-state index contributed by atoms with van der Waals surface area (Å²) in [4.78, 5) is 0. The minimum absolute atomic E-state index is 0.524. The summed E-state index contributed by atoms with van der Waals surface area (Å²) in [6.45, 7) is 0. The molecule has 0 radical (unpaired) electrons. The first-order chi connectivity index (χ1) is 27.7. The van der Waals surface area contributed by atoms with Crippen LogP contribution < -0.4 is 0 Å². The Morgan fingerprint density at radius 3 is 1.61 bits per heavy atom. The molecule has 0 N–H and O–H groups in total. The molecule has 4 heterocycles. The number of hydrogen-bond donors (Lipinski definition) is 0. The van der Waals surface area contributed by atoms with Gasteiger partial charge in [-0.25, -0.2) is 0 Å². The maximum Gasteiger partial charge on any atom is 0.145 e. The SMILES string of the molecule is N#Cc1cc(-c2ccc(-n3c4ccccc4c4c5oc6ccccc6c5ccc43)c(C#N)c2)ccc1-n1c2ccccc2c2cc3oc4ccccc4c3cc21. The monoisotopic (exact) mass is 714 g/mol. The minimum atomic E-state index is 0.524. The standard InChI is InChI=1S/C50H26N4O2/c51-27-31-23-29(17-20-40(31)53-43-14-6-2-12-37(43)49-44(53)22-19-36-34-10-3-8-16-47(34)56-50(36)49)30-18-21-41(32(24-30)28-52)54-42-13-5-1-9-33(42)38-26-48-39(25-45(38)54)35-11-4-7-15-46(35)55-48/h1-26H. The molecule has 0 spiro atoms. The fraction of sp³-hybridized carbons (Fsp3) is 0. The second kappa shape index (κ2) is 11.2. The highest BCUT2D eigenvalue weighted by molar-refractivity contribution is 6.24. The van der Waals surface area contributed by atoms with Gasteiger partial charge in [-0.05, 0) is 83.9 Å². The van der Waals surface area contributed by atoms with Gasteiger partial charge in [0, 0.05) is 37.7 Å². The van der Waals surface area contributed by atoms with Crippen LogP contribution in [0.4, 0.5) is 0 Å². The summed E-state index contributed by atoms with van der Waals surface area (Å²) in [7, 11) is 0. The van der Waals surface area contributed by atoms with E-state index in [-0.39, 0.29) is 0 Å². The molecule has 0 unspecified atom stereocenters.